The highest BCUT2D eigenvalue weighted by atomic mass is 15.5. The van der Waals surface area contributed by atoms with Crippen LogP contribution in [0.15, 0.2) is 65.8 Å². The zero-order valence-corrected chi connectivity index (χ0v) is 12.8. The molecule has 1 atom stereocenters. The van der Waals surface area contributed by atoms with E-state index in [2.05, 4.69) is 79.5 Å². The minimum absolute atomic E-state index is 0.0821. The zero-order chi connectivity index (χ0) is 14.7. The number of para-hydroxylation sites is 1. The molecule has 2 heteroatoms. The number of benzene rings is 2. The third-order valence-electron chi connectivity index (χ3n) is 4.41. The lowest BCUT2D eigenvalue weighted by Gasteiger charge is -2.43. The lowest BCUT2D eigenvalue weighted by atomic mass is 9.84. The summed E-state index contributed by atoms with van der Waals surface area (Å²) in [6.07, 6.45) is 3.19. The Morgan fingerprint density at radius 3 is 2.24 bits per heavy atom. The Bertz CT molecular complexity index is 619. The summed E-state index contributed by atoms with van der Waals surface area (Å²) >= 11 is 0. The maximum Gasteiger partial charge on any atom is 0.0858 e. The van der Waals surface area contributed by atoms with Gasteiger partial charge in [-0.1, -0.05) is 55.5 Å². The molecule has 1 aliphatic rings. The number of nitrogens with zero attached hydrogens (tertiary/aromatic N) is 2. The van der Waals surface area contributed by atoms with Gasteiger partial charge in [-0.05, 0) is 43.9 Å². The van der Waals surface area contributed by atoms with Crippen LogP contribution in [0.1, 0.15) is 38.7 Å². The van der Waals surface area contributed by atoms with Crippen LogP contribution in [0.2, 0.25) is 0 Å². The largest absolute Gasteiger partial charge is 0.255 e. The topological polar surface area (TPSA) is 15.6 Å². The summed E-state index contributed by atoms with van der Waals surface area (Å²) < 4.78 is 0. The average Bonchev–Trinajstić information content (AvgIpc) is 2.57. The van der Waals surface area contributed by atoms with Crippen molar-refractivity contribution in [2.24, 2.45) is 5.10 Å². The van der Waals surface area contributed by atoms with Gasteiger partial charge in [0.1, 0.15) is 0 Å². The Morgan fingerprint density at radius 1 is 1.00 bits per heavy atom. The molecule has 3 rings (SSSR count). The minimum Gasteiger partial charge on any atom is -0.255 e. The van der Waals surface area contributed by atoms with Crippen molar-refractivity contribution in [3.05, 3.63) is 66.2 Å². The van der Waals surface area contributed by atoms with E-state index < -0.39 is 0 Å². The summed E-state index contributed by atoms with van der Waals surface area (Å²) in [5.74, 6) is 0. The van der Waals surface area contributed by atoms with Gasteiger partial charge >= 0.3 is 0 Å². The highest BCUT2D eigenvalue weighted by Crippen LogP contribution is 2.40. The maximum atomic E-state index is 4.95. The van der Waals surface area contributed by atoms with Crippen molar-refractivity contribution in [2.75, 3.05) is 5.01 Å². The molecule has 1 aliphatic heterocycles. The van der Waals surface area contributed by atoms with E-state index in [1.165, 1.54) is 11.3 Å². The quantitative estimate of drug-likeness (QED) is 0.774. The van der Waals surface area contributed by atoms with E-state index in [0.29, 0.717) is 0 Å². The molecule has 0 amide bonds. The normalized spacial score (nSPS) is 22.0. The molecule has 1 heterocycles. The number of hydrogen-bond acceptors (Lipinski definition) is 2. The third kappa shape index (κ3) is 2.58. The molecule has 2 aromatic rings. The van der Waals surface area contributed by atoms with Crippen molar-refractivity contribution >= 4 is 11.4 Å². The second-order valence-corrected chi connectivity index (χ2v) is 5.81. The molecular formula is C19H22N2. The van der Waals surface area contributed by atoms with Crippen LogP contribution in [-0.2, 0) is 5.54 Å². The zero-order valence-electron chi connectivity index (χ0n) is 12.8. The molecule has 1 unspecified atom stereocenters. The fourth-order valence-corrected chi connectivity index (χ4v) is 3.02. The van der Waals surface area contributed by atoms with Crippen LogP contribution in [0, 0.1) is 0 Å². The molecule has 0 N–H and O–H groups in total. The van der Waals surface area contributed by atoms with Crippen molar-refractivity contribution < 1.29 is 0 Å². The molecule has 21 heavy (non-hydrogen) atoms. The Hall–Kier alpha value is -2.09. The summed E-state index contributed by atoms with van der Waals surface area (Å²) in [7, 11) is 0. The highest BCUT2D eigenvalue weighted by molar-refractivity contribution is 5.86. The first-order chi connectivity index (χ1) is 10.2. The standard InChI is InChI=1S/C19H22N2/c1-3-17-14-15-19(2,16-10-6-4-7-11-16)21(20-17)18-12-8-5-9-13-18/h4-13H,3,14-15H2,1-2H3. The summed E-state index contributed by atoms with van der Waals surface area (Å²) in [6.45, 7) is 4.48. The van der Waals surface area contributed by atoms with E-state index in [9.17, 15) is 0 Å². The Balaban J connectivity index is 2.09. The molecule has 0 aromatic heterocycles. The fraction of sp³-hybridized carbons (Fsp3) is 0.316. The van der Waals surface area contributed by atoms with Crippen LogP contribution in [0.25, 0.3) is 0 Å². The van der Waals surface area contributed by atoms with E-state index in [4.69, 9.17) is 5.10 Å². The summed E-state index contributed by atoms with van der Waals surface area (Å²) in [5.41, 5.74) is 3.69. The summed E-state index contributed by atoms with van der Waals surface area (Å²) in [4.78, 5) is 0. The van der Waals surface area contributed by atoms with Gasteiger partial charge < -0.3 is 0 Å². The first kappa shape index (κ1) is 13.9. The van der Waals surface area contributed by atoms with Gasteiger partial charge in [0.15, 0.2) is 0 Å². The van der Waals surface area contributed by atoms with Gasteiger partial charge in [-0.3, -0.25) is 5.01 Å². The van der Waals surface area contributed by atoms with E-state index >= 15 is 0 Å². The van der Waals surface area contributed by atoms with E-state index in [-0.39, 0.29) is 5.54 Å². The molecule has 0 saturated carbocycles. The summed E-state index contributed by atoms with van der Waals surface area (Å²) in [5, 5.41) is 7.16. The smallest absolute Gasteiger partial charge is 0.0858 e. The van der Waals surface area contributed by atoms with E-state index in [0.717, 1.165) is 24.9 Å². The predicted molar refractivity (Wildman–Crippen MR) is 89.7 cm³/mol. The molecule has 0 saturated heterocycles. The van der Waals surface area contributed by atoms with Crippen LogP contribution >= 0.6 is 0 Å². The SMILES string of the molecule is CCC1=NN(c2ccccc2)C(C)(c2ccccc2)CC1. The number of hydrogen-bond donors (Lipinski definition) is 0. The summed E-state index contributed by atoms with van der Waals surface area (Å²) in [6, 6.07) is 21.2. The molecule has 2 nitrogen and oxygen atoms in total. The van der Waals surface area contributed by atoms with Crippen molar-refractivity contribution in [1.29, 1.82) is 0 Å². The van der Waals surface area contributed by atoms with Gasteiger partial charge in [-0.25, -0.2) is 0 Å². The number of rotatable bonds is 3. The van der Waals surface area contributed by atoms with Gasteiger partial charge in [0, 0.05) is 5.71 Å². The minimum atomic E-state index is -0.0821. The Labute approximate surface area is 127 Å². The van der Waals surface area contributed by atoms with Gasteiger partial charge in [0.05, 0.1) is 11.2 Å². The third-order valence-corrected chi connectivity index (χ3v) is 4.41. The monoisotopic (exact) mass is 278 g/mol. The lowest BCUT2D eigenvalue weighted by Crippen LogP contribution is -2.44. The van der Waals surface area contributed by atoms with E-state index in [1.54, 1.807) is 0 Å². The van der Waals surface area contributed by atoms with Gasteiger partial charge in [0.25, 0.3) is 0 Å². The second-order valence-electron chi connectivity index (χ2n) is 5.81. The molecular weight excluding hydrogens is 256 g/mol. The Kier molecular flexibility index (Phi) is 3.78. The average molecular weight is 278 g/mol. The van der Waals surface area contributed by atoms with Crippen LogP contribution in [0.5, 0.6) is 0 Å². The first-order valence-electron chi connectivity index (χ1n) is 7.71. The highest BCUT2D eigenvalue weighted by Gasteiger charge is 2.37. The van der Waals surface area contributed by atoms with E-state index in [1.807, 2.05) is 0 Å². The molecule has 2 aromatic carbocycles. The molecule has 0 radical (unpaired) electrons. The van der Waals surface area contributed by atoms with Gasteiger partial charge in [0.2, 0.25) is 0 Å². The van der Waals surface area contributed by atoms with Crippen molar-refractivity contribution in [3.8, 4) is 0 Å². The van der Waals surface area contributed by atoms with Crippen LogP contribution < -0.4 is 5.01 Å². The van der Waals surface area contributed by atoms with Crippen molar-refractivity contribution in [2.45, 2.75) is 38.6 Å². The molecule has 0 spiro atoms. The van der Waals surface area contributed by atoms with Crippen molar-refractivity contribution in [1.82, 2.24) is 0 Å². The molecule has 108 valence electrons. The first-order valence-corrected chi connectivity index (χ1v) is 7.71. The predicted octanol–water partition coefficient (Wildman–Crippen LogP) is 4.97. The molecule has 0 bridgehead atoms. The number of anilines is 1. The number of hydrazone groups is 1. The van der Waals surface area contributed by atoms with Crippen LogP contribution in [-0.4, -0.2) is 5.71 Å². The van der Waals surface area contributed by atoms with Gasteiger partial charge in [-0.15, -0.1) is 0 Å². The molecule has 0 fully saturated rings. The lowest BCUT2D eigenvalue weighted by molar-refractivity contribution is 0.400. The van der Waals surface area contributed by atoms with Crippen LogP contribution in [0.4, 0.5) is 5.69 Å². The molecule has 0 aliphatic carbocycles. The Morgan fingerprint density at radius 2 is 1.62 bits per heavy atom. The second kappa shape index (κ2) is 5.72. The van der Waals surface area contributed by atoms with Gasteiger partial charge in [-0.2, -0.15) is 5.10 Å². The fourth-order valence-electron chi connectivity index (χ4n) is 3.02. The van der Waals surface area contributed by atoms with Crippen molar-refractivity contribution in [3.63, 3.8) is 0 Å². The maximum absolute atomic E-state index is 4.95. The van der Waals surface area contributed by atoms with Crippen LogP contribution in [0.3, 0.4) is 0 Å².